The van der Waals surface area contributed by atoms with Crippen molar-refractivity contribution in [3.05, 3.63) is 59.9 Å². The number of piperazine rings is 1. The maximum absolute atomic E-state index is 12.4. The van der Waals surface area contributed by atoms with Crippen LogP contribution in [0.5, 0.6) is 0 Å². The fraction of sp³-hybridized carbons (Fsp3) is 0.278. The number of aromatic nitrogens is 5. The van der Waals surface area contributed by atoms with E-state index in [1.54, 1.807) is 11.0 Å². The fourth-order valence-corrected chi connectivity index (χ4v) is 3.12. The van der Waals surface area contributed by atoms with Crippen LogP contribution in [0, 0.1) is 0 Å². The summed E-state index contributed by atoms with van der Waals surface area (Å²) in [7, 11) is 0. The summed E-state index contributed by atoms with van der Waals surface area (Å²) in [4.78, 5) is 28.9. The molecule has 1 aliphatic heterocycles. The minimum atomic E-state index is -0.0689. The maximum Gasteiger partial charge on any atom is 0.317 e. The molecule has 0 unspecified atom stereocenters. The van der Waals surface area contributed by atoms with Gasteiger partial charge in [0.1, 0.15) is 24.8 Å². The smallest absolute Gasteiger partial charge is 0.317 e. The predicted molar refractivity (Wildman–Crippen MR) is 104 cm³/mol. The van der Waals surface area contributed by atoms with Crippen LogP contribution >= 0.6 is 11.6 Å². The fourth-order valence-electron chi connectivity index (χ4n) is 2.99. The number of carbonyl (C=O) groups excluding carboxylic acids is 1. The Morgan fingerprint density at radius 2 is 1.79 bits per heavy atom. The van der Waals surface area contributed by atoms with E-state index in [2.05, 4.69) is 30.3 Å². The molecule has 0 aliphatic carbocycles. The molecule has 1 aromatic carbocycles. The van der Waals surface area contributed by atoms with Gasteiger partial charge in [0.25, 0.3) is 0 Å². The van der Waals surface area contributed by atoms with E-state index in [1.165, 1.54) is 12.7 Å². The second-order valence-corrected chi connectivity index (χ2v) is 6.77. The van der Waals surface area contributed by atoms with Gasteiger partial charge in [-0.2, -0.15) is 5.10 Å². The Balaban J connectivity index is 1.31. The number of hydrogen-bond donors (Lipinski definition) is 1. The lowest BCUT2D eigenvalue weighted by atomic mass is 10.2. The van der Waals surface area contributed by atoms with Crippen molar-refractivity contribution in [2.75, 3.05) is 31.1 Å². The molecule has 9 nitrogen and oxygen atoms in total. The molecule has 1 saturated heterocycles. The number of hydrogen-bond acceptors (Lipinski definition) is 6. The van der Waals surface area contributed by atoms with Crippen molar-refractivity contribution < 1.29 is 4.79 Å². The van der Waals surface area contributed by atoms with Crippen molar-refractivity contribution in [2.24, 2.45) is 0 Å². The molecule has 0 atom stereocenters. The Labute approximate surface area is 167 Å². The molecule has 1 aliphatic rings. The van der Waals surface area contributed by atoms with Crippen LogP contribution in [0.1, 0.15) is 5.56 Å². The number of halogens is 1. The normalized spacial score (nSPS) is 14.2. The van der Waals surface area contributed by atoms with Crippen molar-refractivity contribution in [1.29, 1.82) is 0 Å². The lowest BCUT2D eigenvalue weighted by molar-refractivity contribution is 0.194. The van der Waals surface area contributed by atoms with Crippen LogP contribution in [-0.2, 0) is 6.54 Å². The van der Waals surface area contributed by atoms with Crippen LogP contribution in [0.25, 0.3) is 5.82 Å². The highest BCUT2D eigenvalue weighted by Gasteiger charge is 2.22. The topological polar surface area (TPSA) is 92.1 Å². The highest BCUT2D eigenvalue weighted by Crippen LogP contribution is 2.15. The number of nitrogens with one attached hydrogen (secondary N) is 1. The minimum Gasteiger partial charge on any atom is -0.353 e. The van der Waals surface area contributed by atoms with E-state index in [-0.39, 0.29) is 6.03 Å². The minimum absolute atomic E-state index is 0.0689. The number of carbonyl (C=O) groups is 1. The Hall–Kier alpha value is -3.20. The summed E-state index contributed by atoms with van der Waals surface area (Å²) < 4.78 is 1.59. The third-order valence-electron chi connectivity index (χ3n) is 4.54. The molecule has 28 heavy (non-hydrogen) atoms. The molecule has 1 N–H and O–H groups in total. The van der Waals surface area contributed by atoms with Gasteiger partial charge >= 0.3 is 6.03 Å². The maximum atomic E-state index is 12.4. The number of nitrogens with zero attached hydrogens (tertiary/aromatic N) is 7. The first-order chi connectivity index (χ1) is 13.7. The van der Waals surface area contributed by atoms with Gasteiger partial charge in [-0.1, -0.05) is 23.7 Å². The van der Waals surface area contributed by atoms with E-state index in [0.29, 0.717) is 43.6 Å². The Morgan fingerprint density at radius 3 is 2.50 bits per heavy atom. The molecular weight excluding hydrogens is 380 g/mol. The van der Waals surface area contributed by atoms with Crippen molar-refractivity contribution >= 4 is 23.4 Å². The highest BCUT2D eigenvalue weighted by molar-refractivity contribution is 6.30. The SMILES string of the molecule is O=C(NCc1ccc(Cl)cc1)N1CCN(c2cc(-n3cncn3)ncn2)CC1. The molecule has 0 bridgehead atoms. The highest BCUT2D eigenvalue weighted by atomic mass is 35.5. The third kappa shape index (κ3) is 4.20. The molecule has 0 spiro atoms. The van der Waals surface area contributed by atoms with Crippen molar-refractivity contribution in [3.63, 3.8) is 0 Å². The van der Waals surface area contributed by atoms with Gasteiger partial charge in [-0.25, -0.2) is 24.4 Å². The third-order valence-corrected chi connectivity index (χ3v) is 4.79. The van der Waals surface area contributed by atoms with Crippen molar-refractivity contribution in [2.45, 2.75) is 6.54 Å². The predicted octanol–water partition coefficient (Wildman–Crippen LogP) is 1.74. The molecular formula is C18H19ClN8O. The summed E-state index contributed by atoms with van der Waals surface area (Å²) in [6, 6.07) is 9.24. The standard InChI is InChI=1S/C18H19ClN8O/c19-15-3-1-14(2-4-15)10-21-18(28)26-7-5-25(6-8-26)16-9-17(23-12-22-16)27-13-20-11-24-27/h1-4,9,11-13H,5-8,10H2,(H,21,28). The monoisotopic (exact) mass is 398 g/mol. The summed E-state index contributed by atoms with van der Waals surface area (Å²) in [5.41, 5.74) is 1.01. The van der Waals surface area contributed by atoms with E-state index in [1.807, 2.05) is 35.2 Å². The van der Waals surface area contributed by atoms with Gasteiger partial charge in [0, 0.05) is 43.8 Å². The first-order valence-electron chi connectivity index (χ1n) is 8.88. The second-order valence-electron chi connectivity index (χ2n) is 6.33. The second kappa shape index (κ2) is 8.22. The van der Waals surface area contributed by atoms with Crippen LogP contribution in [0.4, 0.5) is 10.6 Å². The van der Waals surface area contributed by atoms with Gasteiger partial charge in [0.15, 0.2) is 5.82 Å². The molecule has 3 aromatic rings. The summed E-state index contributed by atoms with van der Waals surface area (Å²) in [6.07, 6.45) is 4.57. The average Bonchev–Trinajstić information content (AvgIpc) is 3.28. The number of benzene rings is 1. The van der Waals surface area contributed by atoms with Crippen molar-refractivity contribution in [1.82, 2.24) is 34.9 Å². The van der Waals surface area contributed by atoms with Gasteiger partial charge in [-0.3, -0.25) is 0 Å². The molecule has 2 aromatic heterocycles. The number of anilines is 1. The van der Waals surface area contributed by atoms with E-state index in [4.69, 9.17) is 11.6 Å². The van der Waals surface area contributed by atoms with E-state index in [9.17, 15) is 4.79 Å². The molecule has 0 saturated carbocycles. The molecule has 2 amide bonds. The number of urea groups is 1. The Morgan fingerprint density at radius 1 is 1.04 bits per heavy atom. The molecule has 0 radical (unpaired) electrons. The van der Waals surface area contributed by atoms with E-state index < -0.39 is 0 Å². The first kappa shape index (κ1) is 18.2. The van der Waals surface area contributed by atoms with Gasteiger partial charge in [-0.05, 0) is 17.7 Å². The average molecular weight is 399 g/mol. The molecule has 3 heterocycles. The molecule has 1 fully saturated rings. The summed E-state index contributed by atoms with van der Waals surface area (Å²) in [5, 5.41) is 7.72. The van der Waals surface area contributed by atoms with Crippen LogP contribution in [-0.4, -0.2) is 61.8 Å². The van der Waals surface area contributed by atoms with Crippen LogP contribution in [0.2, 0.25) is 5.02 Å². The van der Waals surface area contributed by atoms with Crippen molar-refractivity contribution in [3.8, 4) is 5.82 Å². The quantitative estimate of drug-likeness (QED) is 0.719. The number of rotatable bonds is 4. The van der Waals surface area contributed by atoms with Gasteiger partial charge in [0.05, 0.1) is 0 Å². The summed E-state index contributed by atoms with van der Waals surface area (Å²) >= 11 is 5.88. The molecule has 144 valence electrons. The Bertz CT molecular complexity index is 923. The van der Waals surface area contributed by atoms with Crippen LogP contribution in [0.15, 0.2) is 49.3 Å². The largest absolute Gasteiger partial charge is 0.353 e. The van der Waals surface area contributed by atoms with Crippen LogP contribution in [0.3, 0.4) is 0 Å². The number of amides is 2. The van der Waals surface area contributed by atoms with Crippen LogP contribution < -0.4 is 10.2 Å². The Kier molecular flexibility index (Phi) is 5.34. The van der Waals surface area contributed by atoms with E-state index in [0.717, 1.165) is 11.4 Å². The lowest BCUT2D eigenvalue weighted by Gasteiger charge is -2.35. The van der Waals surface area contributed by atoms with Gasteiger partial charge in [0.2, 0.25) is 0 Å². The molecule has 4 rings (SSSR count). The lowest BCUT2D eigenvalue weighted by Crippen LogP contribution is -2.51. The zero-order valence-electron chi connectivity index (χ0n) is 15.1. The summed E-state index contributed by atoms with van der Waals surface area (Å²) in [5.74, 6) is 1.47. The molecule has 10 heteroatoms. The van der Waals surface area contributed by atoms with E-state index >= 15 is 0 Å². The first-order valence-corrected chi connectivity index (χ1v) is 9.26. The zero-order valence-corrected chi connectivity index (χ0v) is 15.8. The summed E-state index contributed by atoms with van der Waals surface area (Å²) in [6.45, 7) is 3.11. The van der Waals surface area contributed by atoms with Gasteiger partial charge < -0.3 is 15.1 Å². The van der Waals surface area contributed by atoms with Gasteiger partial charge in [-0.15, -0.1) is 0 Å². The zero-order chi connectivity index (χ0) is 19.3.